The predicted octanol–water partition coefficient (Wildman–Crippen LogP) is 3.29. The van der Waals surface area contributed by atoms with Crippen molar-refractivity contribution >= 4 is 41.1 Å². The van der Waals surface area contributed by atoms with Gasteiger partial charge in [0.25, 0.3) is 11.8 Å². The Bertz CT molecular complexity index is 1650. The summed E-state index contributed by atoms with van der Waals surface area (Å²) in [5, 5.41) is 2.23. The lowest BCUT2D eigenvalue weighted by Crippen LogP contribution is -2.52. The second-order valence-electron chi connectivity index (χ2n) is 9.58. The van der Waals surface area contributed by atoms with Gasteiger partial charge in [-0.25, -0.2) is 18.5 Å². The molecule has 2 aliphatic heterocycles. The number of halogens is 2. The van der Waals surface area contributed by atoms with Crippen molar-refractivity contribution < 1.29 is 47.0 Å². The van der Waals surface area contributed by atoms with Crippen molar-refractivity contribution in [3.8, 4) is 17.2 Å². The van der Waals surface area contributed by atoms with E-state index in [1.807, 2.05) is 0 Å². The van der Waals surface area contributed by atoms with Crippen molar-refractivity contribution in [2.24, 2.45) is 5.73 Å². The van der Waals surface area contributed by atoms with Gasteiger partial charge in [-0.05, 0) is 54.4 Å². The number of fused-ring (bicyclic) bond motifs is 1. The third-order valence-electron chi connectivity index (χ3n) is 6.80. The molecule has 0 saturated carbocycles. The third kappa shape index (κ3) is 5.80. The van der Waals surface area contributed by atoms with Crippen LogP contribution in [-0.2, 0) is 25.7 Å². The molecule has 0 spiro atoms. The minimum Gasteiger partial charge on any atom is -0.481 e. The van der Waals surface area contributed by atoms with Crippen LogP contribution in [0.2, 0.25) is 0 Å². The Morgan fingerprint density at radius 2 is 1.74 bits per heavy atom. The average molecular weight is 595 g/mol. The normalized spacial score (nSPS) is 15.9. The number of nitrogens with two attached hydrogens (primary N) is 1. The molecule has 0 aliphatic carbocycles. The van der Waals surface area contributed by atoms with Crippen LogP contribution in [0, 0.1) is 11.6 Å². The fourth-order valence-corrected chi connectivity index (χ4v) is 4.85. The van der Waals surface area contributed by atoms with E-state index in [1.165, 1.54) is 41.3 Å². The van der Waals surface area contributed by atoms with Crippen molar-refractivity contribution in [2.45, 2.75) is 25.4 Å². The molecule has 222 valence electrons. The van der Waals surface area contributed by atoms with Crippen molar-refractivity contribution in [1.29, 1.82) is 0 Å². The van der Waals surface area contributed by atoms with E-state index < -0.39 is 54.0 Å². The summed E-state index contributed by atoms with van der Waals surface area (Å²) in [7, 11) is 1.14. The Morgan fingerprint density at radius 3 is 2.40 bits per heavy atom. The van der Waals surface area contributed by atoms with Crippen LogP contribution in [0.25, 0.3) is 0 Å². The number of nitrogens with one attached hydrogen (secondary N) is 1. The highest BCUT2D eigenvalue weighted by molar-refractivity contribution is 6.09. The van der Waals surface area contributed by atoms with Gasteiger partial charge in [-0.2, -0.15) is 0 Å². The Kier molecular flexibility index (Phi) is 7.92. The quantitative estimate of drug-likeness (QED) is 0.376. The van der Waals surface area contributed by atoms with Gasteiger partial charge in [0, 0.05) is 19.0 Å². The zero-order valence-corrected chi connectivity index (χ0v) is 22.6. The maximum Gasteiger partial charge on any atom is 0.418 e. The van der Waals surface area contributed by atoms with Crippen LogP contribution >= 0.6 is 0 Å². The lowest BCUT2D eigenvalue weighted by atomic mass is 10.0. The van der Waals surface area contributed by atoms with E-state index in [9.17, 15) is 32.8 Å². The maximum absolute atomic E-state index is 13.7. The SMILES string of the molecule is COC(=O)N(c1ccc(Oc2ccc(F)c(F)c2)cc1)c1ccc2c(c1OCC(N)=O)C(=O)N(C1CCC(=O)NC1=O)C2. The van der Waals surface area contributed by atoms with Crippen LogP contribution in [-0.4, -0.2) is 54.4 Å². The molecule has 2 aliphatic rings. The predicted molar refractivity (Wildman–Crippen MR) is 145 cm³/mol. The molecule has 0 radical (unpaired) electrons. The molecule has 1 saturated heterocycles. The summed E-state index contributed by atoms with van der Waals surface area (Å²) in [5.74, 6) is -4.50. The van der Waals surface area contributed by atoms with Crippen LogP contribution < -0.4 is 25.4 Å². The summed E-state index contributed by atoms with van der Waals surface area (Å²) < 4.78 is 43.1. The molecule has 3 aromatic rings. The fraction of sp³-hybridized carbons (Fsp3) is 0.207. The van der Waals surface area contributed by atoms with Crippen LogP contribution in [0.3, 0.4) is 0 Å². The molecule has 14 heteroatoms. The molecular weight excluding hydrogens is 570 g/mol. The molecule has 3 N–H and O–H groups in total. The lowest BCUT2D eigenvalue weighted by molar-refractivity contribution is -0.137. The van der Waals surface area contributed by atoms with Gasteiger partial charge in [0.1, 0.15) is 17.5 Å². The molecule has 0 aromatic heterocycles. The minimum absolute atomic E-state index is 0.00985. The van der Waals surface area contributed by atoms with Crippen molar-refractivity contribution in [3.05, 3.63) is 77.4 Å². The van der Waals surface area contributed by atoms with Crippen LogP contribution in [0.4, 0.5) is 25.0 Å². The van der Waals surface area contributed by atoms with Gasteiger partial charge in [-0.15, -0.1) is 0 Å². The number of nitrogens with zero attached hydrogens (tertiary/aromatic N) is 2. The summed E-state index contributed by atoms with van der Waals surface area (Å²) in [6.45, 7) is -0.618. The first kappa shape index (κ1) is 29.0. The van der Waals surface area contributed by atoms with Gasteiger partial charge in [0.2, 0.25) is 11.8 Å². The standard InChI is InChI=1S/C29H24F2N4O8/c1-41-29(40)35(16-3-5-17(6-4-16)43-18-7-8-19(30)20(31)12-18)21-9-2-15-13-34(22-10-11-24(37)33-27(22)38)28(39)25(15)26(21)42-14-23(32)36/h2-9,12,22H,10-11,13-14H2,1H3,(H2,32,36)(H,33,37,38). The highest BCUT2D eigenvalue weighted by atomic mass is 19.2. The number of anilines is 2. The third-order valence-corrected chi connectivity index (χ3v) is 6.80. The summed E-state index contributed by atoms with van der Waals surface area (Å²) >= 11 is 0. The van der Waals surface area contributed by atoms with Crippen molar-refractivity contribution in [2.75, 3.05) is 18.6 Å². The Balaban J connectivity index is 1.51. The number of methoxy groups -OCH3 is 1. The van der Waals surface area contributed by atoms with Crippen LogP contribution in [0.1, 0.15) is 28.8 Å². The largest absolute Gasteiger partial charge is 0.481 e. The molecule has 2 heterocycles. The van der Waals surface area contributed by atoms with Crippen molar-refractivity contribution in [1.82, 2.24) is 10.2 Å². The Hall–Kier alpha value is -5.53. The zero-order chi connectivity index (χ0) is 30.8. The number of imide groups is 1. The molecule has 5 amide bonds. The number of carbonyl (C=O) groups is 5. The number of amides is 5. The van der Waals surface area contributed by atoms with Gasteiger partial charge >= 0.3 is 6.09 Å². The number of primary amides is 1. The van der Waals surface area contributed by atoms with Crippen LogP contribution in [0.5, 0.6) is 17.2 Å². The smallest absolute Gasteiger partial charge is 0.418 e. The van der Waals surface area contributed by atoms with Gasteiger partial charge in [0.15, 0.2) is 24.0 Å². The number of ether oxygens (including phenoxy) is 3. The summed E-state index contributed by atoms with van der Waals surface area (Å²) in [6.07, 6.45) is -0.702. The van der Waals surface area contributed by atoms with Gasteiger partial charge in [0.05, 0.1) is 24.0 Å². The number of piperidine rings is 1. The highest BCUT2D eigenvalue weighted by Crippen LogP contribution is 2.43. The average Bonchev–Trinajstić information content (AvgIpc) is 3.31. The zero-order valence-electron chi connectivity index (χ0n) is 22.6. The fourth-order valence-electron chi connectivity index (χ4n) is 4.85. The summed E-state index contributed by atoms with van der Waals surface area (Å²) in [5.41, 5.74) is 6.03. The Morgan fingerprint density at radius 1 is 1.02 bits per heavy atom. The van der Waals surface area contributed by atoms with E-state index in [0.29, 0.717) is 5.56 Å². The number of hydrogen-bond donors (Lipinski definition) is 2. The molecule has 0 bridgehead atoms. The van der Waals surface area contributed by atoms with E-state index in [2.05, 4.69) is 5.32 Å². The van der Waals surface area contributed by atoms with E-state index >= 15 is 0 Å². The molecular formula is C29H24F2N4O8. The van der Waals surface area contributed by atoms with E-state index in [1.54, 1.807) is 6.07 Å². The molecule has 3 aromatic carbocycles. The van der Waals surface area contributed by atoms with Crippen molar-refractivity contribution in [3.63, 3.8) is 0 Å². The summed E-state index contributed by atoms with van der Waals surface area (Å²) in [6, 6.07) is 11.0. The number of carbonyl (C=O) groups excluding carboxylic acids is 5. The Labute approximate surface area is 242 Å². The van der Waals surface area contributed by atoms with E-state index in [-0.39, 0.29) is 53.6 Å². The van der Waals surface area contributed by atoms with Gasteiger partial charge in [-0.3, -0.25) is 24.5 Å². The molecule has 5 rings (SSSR count). The van der Waals surface area contributed by atoms with Crippen LogP contribution in [0.15, 0.2) is 54.6 Å². The molecule has 43 heavy (non-hydrogen) atoms. The lowest BCUT2D eigenvalue weighted by Gasteiger charge is -2.29. The first-order valence-corrected chi connectivity index (χ1v) is 12.9. The second-order valence-corrected chi connectivity index (χ2v) is 9.58. The highest BCUT2D eigenvalue weighted by Gasteiger charge is 2.42. The van der Waals surface area contributed by atoms with E-state index in [4.69, 9.17) is 19.9 Å². The van der Waals surface area contributed by atoms with E-state index in [0.717, 1.165) is 24.1 Å². The van der Waals surface area contributed by atoms with Gasteiger partial charge in [-0.1, -0.05) is 6.07 Å². The monoisotopic (exact) mass is 594 g/mol. The molecule has 1 atom stereocenters. The number of hydrogen-bond acceptors (Lipinski definition) is 8. The minimum atomic E-state index is -1.09. The molecule has 1 unspecified atom stereocenters. The second kappa shape index (κ2) is 11.8. The summed E-state index contributed by atoms with van der Waals surface area (Å²) in [4.78, 5) is 64.9. The molecule has 1 fully saturated rings. The number of rotatable bonds is 8. The molecule has 12 nitrogen and oxygen atoms in total. The topological polar surface area (TPSA) is 158 Å². The maximum atomic E-state index is 13.7. The van der Waals surface area contributed by atoms with Gasteiger partial charge < -0.3 is 24.8 Å². The number of benzene rings is 3. The first-order valence-electron chi connectivity index (χ1n) is 12.9. The first-order chi connectivity index (χ1) is 20.6.